The lowest BCUT2D eigenvalue weighted by Crippen LogP contribution is -2.33. The van der Waals surface area contributed by atoms with E-state index < -0.39 is 9.20 Å². The number of aromatic carboxylic acids is 1. The van der Waals surface area contributed by atoms with Gasteiger partial charge in [-0.25, -0.2) is 9.78 Å². The molecule has 1 unspecified atom stereocenters. The second-order valence-electron chi connectivity index (χ2n) is 5.78. The first-order chi connectivity index (χ1) is 9.78. The van der Waals surface area contributed by atoms with Crippen molar-refractivity contribution in [1.82, 2.24) is 9.55 Å². The molecule has 2 aromatic rings. The van der Waals surface area contributed by atoms with Gasteiger partial charge in [0, 0.05) is 5.41 Å². The zero-order valence-electron chi connectivity index (χ0n) is 11.5. The van der Waals surface area contributed by atoms with E-state index in [9.17, 15) is 9.90 Å². The molecule has 1 aromatic heterocycles. The number of benzene rings is 1. The second-order valence-corrected chi connectivity index (χ2v) is 9.22. The molecule has 0 saturated carbocycles. The van der Waals surface area contributed by atoms with Gasteiger partial charge in [0.2, 0.25) is 0 Å². The van der Waals surface area contributed by atoms with Crippen LogP contribution >= 0.6 is 31.9 Å². The van der Waals surface area contributed by atoms with Crippen LogP contribution in [0.2, 0.25) is 0 Å². The van der Waals surface area contributed by atoms with E-state index in [1.54, 1.807) is 10.9 Å². The van der Waals surface area contributed by atoms with Gasteiger partial charge < -0.3 is 9.67 Å². The van der Waals surface area contributed by atoms with E-state index in [4.69, 9.17) is 0 Å². The Morgan fingerprint density at radius 3 is 2.67 bits per heavy atom. The molecule has 1 aliphatic carbocycles. The molecule has 3 rings (SSSR count). The van der Waals surface area contributed by atoms with Crippen LogP contribution in [0.15, 0.2) is 36.8 Å². The summed E-state index contributed by atoms with van der Waals surface area (Å²) in [5.41, 5.74) is 2.11. The Bertz CT molecular complexity index is 722. The van der Waals surface area contributed by atoms with Crippen molar-refractivity contribution in [1.29, 1.82) is 0 Å². The maximum absolute atomic E-state index is 11.4. The molecule has 4 nitrogen and oxygen atoms in total. The van der Waals surface area contributed by atoms with Gasteiger partial charge in [-0.3, -0.25) is 0 Å². The van der Waals surface area contributed by atoms with E-state index >= 15 is 0 Å². The molecule has 0 radical (unpaired) electrons. The summed E-state index contributed by atoms with van der Waals surface area (Å²) in [4.78, 5) is 15.5. The standard InChI is InChI=1S/C15H14Br2N2O2/c1-14(2)12(19-8-18-7-11(19)13(20)21)9-5-3-4-6-10(9)15(14,16)17/h3-8,12H,1-2H3,(H,20,21). The van der Waals surface area contributed by atoms with Crippen molar-refractivity contribution in [3.8, 4) is 0 Å². The summed E-state index contributed by atoms with van der Waals surface area (Å²) in [6.07, 6.45) is 2.98. The number of fused-ring (bicyclic) bond motifs is 1. The summed E-state index contributed by atoms with van der Waals surface area (Å²) >= 11 is 7.57. The first-order valence-electron chi connectivity index (χ1n) is 6.51. The summed E-state index contributed by atoms with van der Waals surface area (Å²) in [5, 5.41) is 9.38. The average molecular weight is 414 g/mol. The first-order valence-corrected chi connectivity index (χ1v) is 8.09. The minimum absolute atomic E-state index is 0.124. The van der Waals surface area contributed by atoms with E-state index in [1.165, 1.54) is 6.20 Å². The second kappa shape index (κ2) is 4.68. The van der Waals surface area contributed by atoms with Crippen LogP contribution in [0.4, 0.5) is 0 Å². The predicted octanol–water partition coefficient (Wildman–Crippen LogP) is 4.15. The Hall–Kier alpha value is -1.14. The van der Waals surface area contributed by atoms with Crippen LogP contribution in [0, 0.1) is 5.41 Å². The van der Waals surface area contributed by atoms with E-state index in [2.05, 4.69) is 56.8 Å². The van der Waals surface area contributed by atoms with Crippen LogP contribution < -0.4 is 0 Å². The van der Waals surface area contributed by atoms with Gasteiger partial charge in [-0.1, -0.05) is 70.0 Å². The molecule has 0 spiro atoms. The Kier molecular flexibility index (Phi) is 3.29. The predicted molar refractivity (Wildman–Crippen MR) is 87.1 cm³/mol. The number of hydrogen-bond acceptors (Lipinski definition) is 2. The normalized spacial score (nSPS) is 22.0. The van der Waals surface area contributed by atoms with Gasteiger partial charge >= 0.3 is 5.97 Å². The van der Waals surface area contributed by atoms with Gasteiger partial charge in [0.05, 0.1) is 18.6 Å². The molecular formula is C15H14Br2N2O2. The third kappa shape index (κ3) is 1.92. The van der Waals surface area contributed by atoms with Gasteiger partial charge in [-0.05, 0) is 11.1 Å². The van der Waals surface area contributed by atoms with Crippen molar-refractivity contribution in [2.75, 3.05) is 0 Å². The molecular weight excluding hydrogens is 400 g/mol. The van der Waals surface area contributed by atoms with E-state index in [-0.39, 0.29) is 17.2 Å². The number of carbonyl (C=O) groups is 1. The summed E-state index contributed by atoms with van der Waals surface area (Å²) < 4.78 is 1.32. The van der Waals surface area contributed by atoms with Crippen LogP contribution in [-0.4, -0.2) is 20.6 Å². The number of aromatic nitrogens is 2. The topological polar surface area (TPSA) is 55.1 Å². The maximum atomic E-state index is 11.4. The summed E-state index contributed by atoms with van der Waals surface area (Å²) in [7, 11) is 0. The van der Waals surface area contributed by atoms with Gasteiger partial charge in [0.25, 0.3) is 0 Å². The highest BCUT2D eigenvalue weighted by Gasteiger charge is 2.56. The van der Waals surface area contributed by atoms with Crippen molar-refractivity contribution < 1.29 is 9.90 Å². The summed E-state index contributed by atoms with van der Waals surface area (Å²) in [5.74, 6) is -0.970. The van der Waals surface area contributed by atoms with Crippen molar-refractivity contribution >= 4 is 37.8 Å². The molecule has 0 saturated heterocycles. The van der Waals surface area contributed by atoms with Crippen molar-refractivity contribution in [3.05, 3.63) is 53.6 Å². The van der Waals surface area contributed by atoms with Gasteiger partial charge in [-0.15, -0.1) is 0 Å². The largest absolute Gasteiger partial charge is 0.477 e. The molecule has 21 heavy (non-hydrogen) atoms. The number of carboxylic acids is 1. The molecule has 1 N–H and O–H groups in total. The number of imidazole rings is 1. The molecule has 6 heteroatoms. The number of alkyl halides is 2. The van der Waals surface area contributed by atoms with Crippen molar-refractivity contribution in [2.24, 2.45) is 5.41 Å². The first kappa shape index (κ1) is 14.8. The lowest BCUT2D eigenvalue weighted by Gasteiger charge is -2.37. The Morgan fingerprint density at radius 1 is 1.33 bits per heavy atom. The van der Waals surface area contributed by atoms with Gasteiger partial charge in [0.1, 0.15) is 8.93 Å². The van der Waals surface area contributed by atoms with Gasteiger partial charge in [0.15, 0.2) is 0 Å². The van der Waals surface area contributed by atoms with Crippen LogP contribution in [0.25, 0.3) is 0 Å². The minimum Gasteiger partial charge on any atom is -0.477 e. The van der Waals surface area contributed by atoms with Crippen molar-refractivity contribution in [3.63, 3.8) is 0 Å². The third-order valence-corrected chi connectivity index (χ3v) is 7.15. The minimum atomic E-state index is -0.970. The van der Waals surface area contributed by atoms with E-state index in [0.717, 1.165) is 11.1 Å². The van der Waals surface area contributed by atoms with Crippen LogP contribution in [0.1, 0.15) is 41.5 Å². The molecule has 1 atom stereocenters. The summed E-state index contributed by atoms with van der Waals surface area (Å²) in [6.45, 7) is 4.21. The highest BCUT2D eigenvalue weighted by Crippen LogP contribution is 2.65. The van der Waals surface area contributed by atoms with E-state index in [0.29, 0.717) is 0 Å². The smallest absolute Gasteiger partial charge is 0.354 e. The van der Waals surface area contributed by atoms with Gasteiger partial charge in [-0.2, -0.15) is 0 Å². The number of carboxylic acid groups (broad SMARTS) is 1. The molecule has 110 valence electrons. The molecule has 1 heterocycles. The maximum Gasteiger partial charge on any atom is 0.354 e. The lowest BCUT2D eigenvalue weighted by molar-refractivity contribution is 0.0679. The Labute approximate surface area is 139 Å². The molecule has 1 aliphatic rings. The molecule has 0 fully saturated rings. The molecule has 0 amide bonds. The highest BCUT2D eigenvalue weighted by atomic mass is 79.9. The average Bonchev–Trinajstić information content (AvgIpc) is 2.92. The Morgan fingerprint density at radius 2 is 2.00 bits per heavy atom. The number of rotatable bonds is 2. The van der Waals surface area contributed by atoms with Crippen LogP contribution in [0.5, 0.6) is 0 Å². The fraction of sp³-hybridized carbons (Fsp3) is 0.333. The number of nitrogens with zero attached hydrogens (tertiary/aromatic N) is 2. The molecule has 0 aliphatic heterocycles. The highest BCUT2D eigenvalue weighted by molar-refractivity contribution is 9.24. The monoisotopic (exact) mass is 412 g/mol. The third-order valence-electron chi connectivity index (χ3n) is 4.25. The molecule has 0 bridgehead atoms. The van der Waals surface area contributed by atoms with E-state index in [1.807, 2.05) is 18.2 Å². The van der Waals surface area contributed by atoms with Crippen LogP contribution in [-0.2, 0) is 3.23 Å². The zero-order chi connectivity index (χ0) is 15.4. The Balaban J connectivity index is 2.27. The summed E-state index contributed by atoms with van der Waals surface area (Å²) in [6, 6.07) is 7.93. The zero-order valence-corrected chi connectivity index (χ0v) is 14.7. The number of hydrogen-bond donors (Lipinski definition) is 1. The fourth-order valence-corrected chi connectivity index (χ4v) is 4.26. The fourth-order valence-electron chi connectivity index (χ4n) is 3.10. The SMILES string of the molecule is CC1(C)C(n2cncc2C(=O)O)c2ccccc2C1(Br)Br. The number of halogens is 2. The lowest BCUT2D eigenvalue weighted by atomic mass is 9.84. The van der Waals surface area contributed by atoms with Crippen molar-refractivity contribution in [2.45, 2.75) is 23.1 Å². The van der Waals surface area contributed by atoms with Crippen LogP contribution in [0.3, 0.4) is 0 Å². The molecule has 1 aromatic carbocycles. The quantitative estimate of drug-likeness (QED) is 0.752.